The normalized spacial score (nSPS) is 13.9. The highest BCUT2D eigenvalue weighted by atomic mass is 19.4. The van der Waals surface area contributed by atoms with E-state index in [9.17, 15) is 66.7 Å². The van der Waals surface area contributed by atoms with Gasteiger partial charge in [0.25, 0.3) is 0 Å². The highest BCUT2D eigenvalue weighted by molar-refractivity contribution is 5.96. The maximum atomic E-state index is 13.8. The molecule has 1 aromatic rings. The number of ether oxygens (including phenoxy) is 3. The van der Waals surface area contributed by atoms with Gasteiger partial charge in [-0.05, 0) is 18.2 Å². The molecule has 0 aliphatic heterocycles. The van der Waals surface area contributed by atoms with E-state index in [1.807, 2.05) is 0 Å². The minimum absolute atomic E-state index is 0.493. The highest BCUT2D eigenvalue weighted by Gasteiger charge is 2.90. The first kappa shape index (κ1) is 31.1. The second-order valence-corrected chi connectivity index (χ2v) is 6.83. The van der Waals surface area contributed by atoms with Gasteiger partial charge >= 0.3 is 47.7 Å². The molecule has 0 heterocycles. The Bertz CT molecular complexity index is 938. The van der Waals surface area contributed by atoms with Crippen molar-refractivity contribution in [3.05, 3.63) is 29.3 Å². The van der Waals surface area contributed by atoms with Crippen LogP contribution in [0.3, 0.4) is 0 Å². The fraction of sp³-hybridized carbons (Fsp3) is 0.556. The Hall–Kier alpha value is -2.95. The molecule has 206 valence electrons. The van der Waals surface area contributed by atoms with E-state index in [0.29, 0.717) is 12.1 Å². The number of hydrogen-bond acceptors (Lipinski definition) is 5. The Balaban J connectivity index is 3.24. The summed E-state index contributed by atoms with van der Waals surface area (Å²) in [5.74, 6) is -40.6. The molecule has 0 bridgehead atoms. The number of hydrogen-bond donors (Lipinski definition) is 0. The van der Waals surface area contributed by atoms with Crippen LogP contribution in [0, 0.1) is 0 Å². The Morgan fingerprint density at radius 3 is 1.39 bits per heavy atom. The summed E-state index contributed by atoms with van der Waals surface area (Å²) < 4.78 is 184. The maximum absolute atomic E-state index is 13.8. The molecule has 1 aromatic carbocycles. The lowest BCUT2D eigenvalue weighted by molar-refractivity contribution is -0.440. The smallest absolute Gasteiger partial charge is 0.460 e. The van der Waals surface area contributed by atoms with Gasteiger partial charge in [0.15, 0.2) is 0 Å². The van der Waals surface area contributed by atoms with E-state index in [4.69, 9.17) is 0 Å². The SMILES string of the molecule is COC(=O)c1cc(OCCC(F)(F)C(F)(F)C(F)(F)C(F)(F)C(F)(F)C(F)(F)F)cc(C(=O)OC)c1. The molecule has 0 radical (unpaired) electrons. The van der Waals surface area contributed by atoms with Crippen molar-refractivity contribution >= 4 is 11.9 Å². The molecular formula is C18H13F13O5. The van der Waals surface area contributed by atoms with E-state index in [0.717, 1.165) is 20.3 Å². The van der Waals surface area contributed by atoms with Gasteiger partial charge in [-0.3, -0.25) is 0 Å². The van der Waals surface area contributed by atoms with E-state index >= 15 is 0 Å². The number of benzene rings is 1. The molecule has 0 aliphatic carbocycles. The van der Waals surface area contributed by atoms with Crippen LogP contribution in [0.25, 0.3) is 0 Å². The van der Waals surface area contributed by atoms with Gasteiger partial charge in [-0.25, -0.2) is 9.59 Å². The van der Waals surface area contributed by atoms with Crippen molar-refractivity contribution in [2.24, 2.45) is 0 Å². The minimum Gasteiger partial charge on any atom is -0.493 e. The Morgan fingerprint density at radius 2 is 1.03 bits per heavy atom. The standard InChI is InChI=1S/C18H13F13O5/c1-34-11(32)8-5-9(12(33)35-2)7-10(6-8)36-4-3-13(19,20)14(21,22)15(23,24)16(25,26)17(27,28)18(29,30)31/h5-7H,3-4H2,1-2H3. The largest absolute Gasteiger partial charge is 0.493 e. The number of esters is 2. The second kappa shape index (κ2) is 9.84. The number of carbonyl (C=O) groups excluding carboxylic acids is 2. The van der Waals surface area contributed by atoms with Crippen LogP contribution in [0.2, 0.25) is 0 Å². The van der Waals surface area contributed by atoms with E-state index in [2.05, 4.69) is 14.2 Å². The lowest BCUT2D eigenvalue weighted by Crippen LogP contribution is -2.70. The third kappa shape index (κ3) is 5.25. The number of halogens is 13. The first-order valence-electron chi connectivity index (χ1n) is 8.92. The molecule has 0 aromatic heterocycles. The lowest BCUT2D eigenvalue weighted by atomic mass is 9.93. The molecule has 0 aliphatic rings. The summed E-state index contributed by atoms with van der Waals surface area (Å²) in [7, 11) is 1.74. The summed E-state index contributed by atoms with van der Waals surface area (Å²) in [5.41, 5.74) is -0.985. The van der Waals surface area contributed by atoms with Gasteiger partial charge in [0.05, 0.1) is 38.4 Å². The fourth-order valence-corrected chi connectivity index (χ4v) is 2.41. The number of carbonyl (C=O) groups is 2. The molecule has 0 spiro atoms. The molecule has 0 atom stereocenters. The summed E-state index contributed by atoms with van der Waals surface area (Å²) in [4.78, 5) is 23.2. The molecule has 0 amide bonds. The first-order valence-corrected chi connectivity index (χ1v) is 8.92. The summed E-state index contributed by atoms with van der Waals surface area (Å²) in [6.07, 6.45) is -10.1. The zero-order chi connectivity index (χ0) is 28.5. The van der Waals surface area contributed by atoms with Crippen molar-refractivity contribution in [3.8, 4) is 5.75 Å². The maximum Gasteiger partial charge on any atom is 0.460 e. The average Bonchev–Trinajstić information content (AvgIpc) is 2.76. The van der Waals surface area contributed by atoms with Crippen LogP contribution in [0.5, 0.6) is 5.75 Å². The third-order valence-electron chi connectivity index (χ3n) is 4.43. The van der Waals surface area contributed by atoms with Crippen molar-refractivity contribution in [2.45, 2.75) is 42.2 Å². The van der Waals surface area contributed by atoms with Crippen LogP contribution in [0.4, 0.5) is 57.1 Å². The van der Waals surface area contributed by atoms with Gasteiger partial charge in [0.1, 0.15) is 5.75 Å². The van der Waals surface area contributed by atoms with Crippen molar-refractivity contribution in [3.63, 3.8) is 0 Å². The summed E-state index contributed by atoms with van der Waals surface area (Å²) in [5, 5.41) is 0. The molecule has 1 rings (SSSR count). The molecule has 0 N–H and O–H groups in total. The van der Waals surface area contributed by atoms with Crippen LogP contribution in [0.1, 0.15) is 27.1 Å². The minimum atomic E-state index is -8.00. The molecule has 0 fully saturated rings. The van der Waals surface area contributed by atoms with Gasteiger partial charge in [0.2, 0.25) is 0 Å². The van der Waals surface area contributed by atoms with E-state index in [-0.39, 0.29) is 0 Å². The van der Waals surface area contributed by atoms with Crippen LogP contribution >= 0.6 is 0 Å². The molecule has 0 unspecified atom stereocenters. The Kier molecular flexibility index (Phi) is 8.49. The molecule has 5 nitrogen and oxygen atoms in total. The van der Waals surface area contributed by atoms with Crippen LogP contribution in [-0.4, -0.2) is 68.6 Å². The van der Waals surface area contributed by atoms with E-state index < -0.39 is 77.6 Å². The molecule has 18 heteroatoms. The van der Waals surface area contributed by atoms with Crippen molar-refractivity contribution in [2.75, 3.05) is 20.8 Å². The number of methoxy groups -OCH3 is 2. The van der Waals surface area contributed by atoms with Gasteiger partial charge in [-0.1, -0.05) is 0 Å². The zero-order valence-electron chi connectivity index (χ0n) is 17.6. The van der Waals surface area contributed by atoms with Crippen LogP contribution in [-0.2, 0) is 9.47 Å². The van der Waals surface area contributed by atoms with E-state index in [1.165, 1.54) is 0 Å². The van der Waals surface area contributed by atoms with Crippen LogP contribution < -0.4 is 4.74 Å². The van der Waals surface area contributed by atoms with Crippen molar-refractivity contribution < 1.29 is 80.9 Å². The lowest BCUT2D eigenvalue weighted by Gasteiger charge is -2.39. The first-order chi connectivity index (χ1) is 16.0. The average molecular weight is 556 g/mol. The zero-order valence-corrected chi connectivity index (χ0v) is 17.6. The predicted octanol–water partition coefficient (Wildman–Crippen LogP) is 5.77. The topological polar surface area (TPSA) is 61.8 Å². The molecule has 36 heavy (non-hydrogen) atoms. The second-order valence-electron chi connectivity index (χ2n) is 6.83. The Labute approximate surface area is 192 Å². The van der Waals surface area contributed by atoms with E-state index in [1.54, 1.807) is 0 Å². The molecule has 0 saturated carbocycles. The number of alkyl halides is 13. The van der Waals surface area contributed by atoms with Crippen molar-refractivity contribution in [1.82, 2.24) is 0 Å². The van der Waals surface area contributed by atoms with Gasteiger partial charge in [0, 0.05) is 0 Å². The van der Waals surface area contributed by atoms with Crippen molar-refractivity contribution in [1.29, 1.82) is 0 Å². The van der Waals surface area contributed by atoms with Gasteiger partial charge in [-0.2, -0.15) is 57.1 Å². The fourth-order valence-electron chi connectivity index (χ4n) is 2.41. The Morgan fingerprint density at radius 1 is 0.639 bits per heavy atom. The highest BCUT2D eigenvalue weighted by Crippen LogP contribution is 2.60. The quantitative estimate of drug-likeness (QED) is 0.271. The monoisotopic (exact) mass is 556 g/mol. The summed E-state index contributed by atoms with van der Waals surface area (Å²) in [6, 6.07) is 2.21. The number of rotatable bonds is 10. The summed E-state index contributed by atoms with van der Waals surface area (Å²) in [6.45, 7) is -1.77. The predicted molar refractivity (Wildman–Crippen MR) is 90.0 cm³/mol. The molecule has 0 saturated heterocycles. The summed E-state index contributed by atoms with van der Waals surface area (Å²) >= 11 is 0. The molecular weight excluding hydrogens is 543 g/mol. The third-order valence-corrected chi connectivity index (χ3v) is 4.43. The van der Waals surface area contributed by atoms with Gasteiger partial charge in [-0.15, -0.1) is 0 Å². The van der Waals surface area contributed by atoms with Gasteiger partial charge < -0.3 is 14.2 Å². The van der Waals surface area contributed by atoms with Crippen LogP contribution in [0.15, 0.2) is 18.2 Å².